The van der Waals surface area contributed by atoms with Crippen molar-refractivity contribution in [3.05, 3.63) is 29.8 Å². The highest BCUT2D eigenvalue weighted by Gasteiger charge is 2.28. The first kappa shape index (κ1) is 18.6. The number of urea groups is 1. The van der Waals surface area contributed by atoms with E-state index in [1.165, 1.54) is 6.07 Å². The molecule has 1 saturated heterocycles. The van der Waals surface area contributed by atoms with Crippen molar-refractivity contribution in [2.24, 2.45) is 0 Å². The van der Waals surface area contributed by atoms with Gasteiger partial charge < -0.3 is 15.0 Å². The van der Waals surface area contributed by atoms with Crippen molar-refractivity contribution in [3.63, 3.8) is 0 Å². The highest BCUT2D eigenvalue weighted by atomic mass is 19.1. The van der Waals surface area contributed by atoms with E-state index >= 15 is 0 Å². The number of benzene rings is 1. The number of anilines is 1. The van der Waals surface area contributed by atoms with Crippen LogP contribution >= 0.6 is 0 Å². The number of para-hydroxylation sites is 1. The fourth-order valence-electron chi connectivity index (χ4n) is 2.89. The number of hydrogen-bond acceptors (Lipinski definition) is 3. The van der Waals surface area contributed by atoms with Crippen molar-refractivity contribution in [2.75, 3.05) is 44.7 Å². The van der Waals surface area contributed by atoms with Crippen LogP contribution in [0.25, 0.3) is 0 Å². The summed E-state index contributed by atoms with van der Waals surface area (Å²) in [6, 6.07) is 3.26. The van der Waals surface area contributed by atoms with Crippen LogP contribution in [0.5, 0.6) is 0 Å². The number of nitrogens with zero attached hydrogens (tertiary/aromatic N) is 2. The number of hydrogen-bond donors (Lipinski definition) is 1. The number of rotatable bonds is 6. The summed E-state index contributed by atoms with van der Waals surface area (Å²) in [5.41, 5.74) is -0.394. The number of nitrogens with one attached hydrogen (secondary N) is 1. The molecule has 2 amide bonds. The lowest BCUT2D eigenvalue weighted by molar-refractivity contribution is 0.0544. The standard InChI is InChI=1S/C17H25F2N3O2/c1-3-13-12-22(9-8-21(13)10-11-24-4-2)17(23)20-16-14(18)6-5-7-15(16)19/h5-7,13H,3-4,8-12H2,1-2H3,(H,20,23)/t13-/m1/s1. The van der Waals surface area contributed by atoms with E-state index in [1.54, 1.807) is 4.90 Å². The second-order valence-electron chi connectivity index (χ2n) is 5.77. The Balaban J connectivity index is 1.94. The molecule has 0 aliphatic carbocycles. The molecule has 1 aliphatic rings. The Labute approximate surface area is 141 Å². The van der Waals surface area contributed by atoms with Gasteiger partial charge in [0, 0.05) is 38.8 Å². The molecule has 1 aromatic carbocycles. The molecule has 5 nitrogen and oxygen atoms in total. The monoisotopic (exact) mass is 341 g/mol. The summed E-state index contributed by atoms with van der Waals surface area (Å²) in [6.07, 6.45) is 0.893. The van der Waals surface area contributed by atoms with Gasteiger partial charge in [-0.2, -0.15) is 0 Å². The largest absolute Gasteiger partial charge is 0.380 e. The minimum atomic E-state index is -0.772. The Morgan fingerprint density at radius 3 is 2.62 bits per heavy atom. The highest BCUT2D eigenvalue weighted by Crippen LogP contribution is 2.20. The second-order valence-corrected chi connectivity index (χ2v) is 5.77. The van der Waals surface area contributed by atoms with Gasteiger partial charge in [-0.05, 0) is 25.5 Å². The van der Waals surface area contributed by atoms with Crippen LogP contribution in [-0.4, -0.2) is 61.3 Å². The van der Waals surface area contributed by atoms with Crippen molar-refractivity contribution in [2.45, 2.75) is 26.3 Å². The first-order valence-corrected chi connectivity index (χ1v) is 8.38. The molecule has 0 spiro atoms. The van der Waals surface area contributed by atoms with Gasteiger partial charge in [-0.3, -0.25) is 4.90 Å². The fraction of sp³-hybridized carbons (Fsp3) is 0.588. The van der Waals surface area contributed by atoms with Gasteiger partial charge in [0.05, 0.1) is 6.61 Å². The van der Waals surface area contributed by atoms with Gasteiger partial charge in [0.2, 0.25) is 0 Å². The molecule has 0 bridgehead atoms. The molecule has 0 radical (unpaired) electrons. The highest BCUT2D eigenvalue weighted by molar-refractivity contribution is 5.89. The average Bonchev–Trinajstić information content (AvgIpc) is 2.58. The summed E-state index contributed by atoms with van der Waals surface area (Å²) in [5.74, 6) is -1.54. The average molecular weight is 341 g/mol. The molecule has 1 aromatic rings. The first-order valence-electron chi connectivity index (χ1n) is 8.38. The zero-order chi connectivity index (χ0) is 17.5. The van der Waals surface area contributed by atoms with Gasteiger partial charge in [0.1, 0.15) is 17.3 Å². The van der Waals surface area contributed by atoms with E-state index in [4.69, 9.17) is 4.74 Å². The third kappa shape index (κ3) is 4.64. The van der Waals surface area contributed by atoms with Crippen molar-refractivity contribution in [1.29, 1.82) is 0 Å². The lowest BCUT2D eigenvalue weighted by Crippen LogP contribution is -2.56. The summed E-state index contributed by atoms with van der Waals surface area (Å²) in [7, 11) is 0. The summed E-state index contributed by atoms with van der Waals surface area (Å²) < 4.78 is 32.7. The number of amides is 2. The van der Waals surface area contributed by atoms with E-state index in [2.05, 4.69) is 17.1 Å². The van der Waals surface area contributed by atoms with E-state index < -0.39 is 23.4 Å². The summed E-state index contributed by atoms with van der Waals surface area (Å²) in [5, 5.41) is 2.35. The van der Waals surface area contributed by atoms with Crippen molar-refractivity contribution >= 4 is 11.7 Å². The summed E-state index contributed by atoms with van der Waals surface area (Å²) in [6.45, 7) is 7.97. The first-order chi connectivity index (χ1) is 11.6. The van der Waals surface area contributed by atoms with E-state index in [0.717, 1.165) is 31.6 Å². The van der Waals surface area contributed by atoms with Crippen LogP contribution in [0, 0.1) is 11.6 Å². The predicted molar refractivity (Wildman–Crippen MR) is 89.1 cm³/mol. The Morgan fingerprint density at radius 2 is 2.00 bits per heavy atom. The molecule has 1 aliphatic heterocycles. The van der Waals surface area contributed by atoms with Gasteiger partial charge >= 0.3 is 6.03 Å². The lowest BCUT2D eigenvalue weighted by Gasteiger charge is -2.41. The molecule has 134 valence electrons. The number of carbonyl (C=O) groups excluding carboxylic acids is 1. The molecule has 1 N–H and O–H groups in total. The topological polar surface area (TPSA) is 44.8 Å². The minimum absolute atomic E-state index is 0.218. The Hall–Kier alpha value is -1.73. The maximum Gasteiger partial charge on any atom is 0.322 e. The number of carbonyl (C=O) groups is 1. The molecular formula is C17H25F2N3O2. The molecule has 1 fully saturated rings. The summed E-state index contributed by atoms with van der Waals surface area (Å²) in [4.78, 5) is 16.2. The van der Waals surface area contributed by atoms with Gasteiger partial charge in [-0.25, -0.2) is 13.6 Å². The summed E-state index contributed by atoms with van der Waals surface area (Å²) >= 11 is 0. The smallest absolute Gasteiger partial charge is 0.322 e. The minimum Gasteiger partial charge on any atom is -0.380 e. The van der Waals surface area contributed by atoms with Crippen LogP contribution in [-0.2, 0) is 4.74 Å². The van der Waals surface area contributed by atoms with Crippen LogP contribution < -0.4 is 5.32 Å². The third-order valence-electron chi connectivity index (χ3n) is 4.28. The van der Waals surface area contributed by atoms with Crippen molar-refractivity contribution < 1.29 is 18.3 Å². The zero-order valence-corrected chi connectivity index (χ0v) is 14.2. The van der Waals surface area contributed by atoms with Gasteiger partial charge in [0.25, 0.3) is 0 Å². The molecule has 7 heteroatoms. The van der Waals surface area contributed by atoms with E-state index in [0.29, 0.717) is 26.3 Å². The van der Waals surface area contributed by atoms with Crippen LogP contribution in [0.4, 0.5) is 19.3 Å². The maximum absolute atomic E-state index is 13.7. The van der Waals surface area contributed by atoms with Crippen molar-refractivity contribution in [1.82, 2.24) is 9.80 Å². The molecule has 0 unspecified atom stereocenters. The molecule has 0 aromatic heterocycles. The molecule has 1 heterocycles. The Bertz CT molecular complexity index is 536. The van der Waals surface area contributed by atoms with Crippen molar-refractivity contribution in [3.8, 4) is 0 Å². The fourth-order valence-corrected chi connectivity index (χ4v) is 2.89. The SMILES string of the molecule is CCOCCN1CCN(C(=O)Nc2c(F)cccc2F)C[C@H]1CC. The quantitative estimate of drug-likeness (QED) is 0.809. The Kier molecular flexibility index (Phi) is 6.93. The molecule has 2 rings (SSSR count). The van der Waals surface area contributed by atoms with E-state index in [9.17, 15) is 13.6 Å². The van der Waals surface area contributed by atoms with Crippen LogP contribution in [0.15, 0.2) is 18.2 Å². The van der Waals surface area contributed by atoms with Crippen LogP contribution in [0.1, 0.15) is 20.3 Å². The molecule has 0 saturated carbocycles. The number of halogens is 2. The van der Waals surface area contributed by atoms with E-state index in [1.807, 2.05) is 6.92 Å². The second kappa shape index (κ2) is 8.94. The predicted octanol–water partition coefficient (Wildman–Crippen LogP) is 2.93. The van der Waals surface area contributed by atoms with Crippen LogP contribution in [0.3, 0.4) is 0 Å². The lowest BCUT2D eigenvalue weighted by atomic mass is 10.1. The van der Waals surface area contributed by atoms with Crippen LogP contribution in [0.2, 0.25) is 0 Å². The maximum atomic E-state index is 13.7. The van der Waals surface area contributed by atoms with Gasteiger partial charge in [-0.1, -0.05) is 13.0 Å². The molecular weight excluding hydrogens is 316 g/mol. The van der Waals surface area contributed by atoms with Gasteiger partial charge in [0.15, 0.2) is 0 Å². The third-order valence-corrected chi connectivity index (χ3v) is 4.28. The zero-order valence-electron chi connectivity index (χ0n) is 14.2. The molecule has 1 atom stereocenters. The van der Waals surface area contributed by atoms with E-state index in [-0.39, 0.29) is 6.04 Å². The number of piperazine rings is 1. The Morgan fingerprint density at radius 1 is 1.29 bits per heavy atom. The number of ether oxygens (including phenoxy) is 1. The van der Waals surface area contributed by atoms with Gasteiger partial charge in [-0.15, -0.1) is 0 Å². The normalized spacial score (nSPS) is 18.7. The molecule has 24 heavy (non-hydrogen) atoms.